The van der Waals surface area contributed by atoms with Crippen molar-refractivity contribution >= 4 is 5.78 Å². The molecule has 0 bridgehead atoms. The fraction of sp³-hybridized carbons (Fsp3) is 0.650. The number of benzene rings is 1. The molecule has 1 spiro atoms. The summed E-state index contributed by atoms with van der Waals surface area (Å²) in [4.78, 5) is 12.6. The molecule has 2 fully saturated rings. The maximum Gasteiger partial charge on any atom is 0.139 e. The number of hydrogen-bond donors (Lipinski definition) is 1. The minimum absolute atomic E-state index is 0.0142. The first-order chi connectivity index (χ1) is 10.8. The normalized spacial score (nSPS) is 38.0. The van der Waals surface area contributed by atoms with Gasteiger partial charge in [0, 0.05) is 28.7 Å². The van der Waals surface area contributed by atoms with Gasteiger partial charge in [-0.05, 0) is 37.8 Å². The van der Waals surface area contributed by atoms with E-state index in [2.05, 4.69) is 20.8 Å². The molecule has 4 rings (SSSR count). The lowest BCUT2D eigenvalue weighted by molar-refractivity contribution is -0.193. The summed E-state index contributed by atoms with van der Waals surface area (Å²) >= 11 is 0. The van der Waals surface area contributed by atoms with Gasteiger partial charge < -0.3 is 9.84 Å². The second-order valence-corrected chi connectivity index (χ2v) is 8.57. The van der Waals surface area contributed by atoms with E-state index in [9.17, 15) is 9.90 Å². The van der Waals surface area contributed by atoms with Gasteiger partial charge in [-0.1, -0.05) is 33.3 Å². The third-order valence-corrected chi connectivity index (χ3v) is 7.09. The van der Waals surface area contributed by atoms with Crippen molar-refractivity contribution in [1.29, 1.82) is 0 Å². The van der Waals surface area contributed by atoms with E-state index in [0.717, 1.165) is 43.4 Å². The number of phenolic OH excluding ortho intramolecular Hbond substituents is 1. The first-order valence-corrected chi connectivity index (χ1v) is 8.83. The van der Waals surface area contributed by atoms with E-state index in [1.165, 1.54) is 0 Å². The molecule has 1 heterocycles. The number of Topliss-reactive ketones (excluding diaryl/α,β-unsaturated/α-hetero) is 1. The van der Waals surface area contributed by atoms with Gasteiger partial charge in [0.15, 0.2) is 0 Å². The van der Waals surface area contributed by atoms with Crippen molar-refractivity contribution in [2.24, 2.45) is 16.7 Å². The Kier molecular flexibility index (Phi) is 2.96. The van der Waals surface area contributed by atoms with Gasteiger partial charge in [0.05, 0.1) is 0 Å². The molecule has 0 amide bonds. The third kappa shape index (κ3) is 1.79. The second kappa shape index (κ2) is 4.52. The molecule has 23 heavy (non-hydrogen) atoms. The summed E-state index contributed by atoms with van der Waals surface area (Å²) in [5, 5.41) is 10.3. The SMILES string of the molecule is CC1(C)C(=O)CC[C@@]23Oc4cccc(O)c4C[C@@]2(C)CCC[C@H]13. The van der Waals surface area contributed by atoms with Crippen LogP contribution in [-0.4, -0.2) is 16.5 Å². The van der Waals surface area contributed by atoms with E-state index >= 15 is 0 Å². The average molecular weight is 314 g/mol. The molecular weight excluding hydrogens is 288 g/mol. The Hall–Kier alpha value is -1.51. The van der Waals surface area contributed by atoms with Crippen LogP contribution in [0, 0.1) is 16.7 Å². The van der Waals surface area contributed by atoms with E-state index in [1.54, 1.807) is 6.07 Å². The molecular formula is C20H26O3. The Morgan fingerprint density at radius 2 is 2.00 bits per heavy atom. The largest absolute Gasteiger partial charge is 0.508 e. The molecule has 0 radical (unpaired) electrons. The highest BCUT2D eigenvalue weighted by Crippen LogP contribution is 2.63. The van der Waals surface area contributed by atoms with Crippen LogP contribution in [0.15, 0.2) is 18.2 Å². The quantitative estimate of drug-likeness (QED) is 0.778. The summed E-state index contributed by atoms with van der Waals surface area (Å²) < 4.78 is 6.68. The number of carbonyl (C=O) groups excluding carboxylic acids is 1. The molecule has 3 atom stereocenters. The van der Waals surface area contributed by atoms with Crippen LogP contribution in [0.5, 0.6) is 11.5 Å². The van der Waals surface area contributed by atoms with Crippen LogP contribution < -0.4 is 4.74 Å². The number of ether oxygens (including phenoxy) is 1. The zero-order valence-electron chi connectivity index (χ0n) is 14.3. The van der Waals surface area contributed by atoms with Crippen molar-refractivity contribution in [2.45, 2.75) is 64.9 Å². The number of hydrogen-bond acceptors (Lipinski definition) is 3. The molecule has 1 N–H and O–H groups in total. The Morgan fingerprint density at radius 3 is 2.78 bits per heavy atom. The number of ketones is 1. The average Bonchev–Trinajstić information content (AvgIpc) is 2.49. The summed E-state index contributed by atoms with van der Waals surface area (Å²) in [5.74, 6) is 1.79. The first-order valence-electron chi connectivity index (χ1n) is 8.83. The van der Waals surface area contributed by atoms with E-state index < -0.39 is 0 Å². The van der Waals surface area contributed by atoms with Crippen LogP contribution in [0.3, 0.4) is 0 Å². The third-order valence-electron chi connectivity index (χ3n) is 7.09. The van der Waals surface area contributed by atoms with E-state index in [-0.39, 0.29) is 22.3 Å². The monoisotopic (exact) mass is 314 g/mol. The number of fused-ring (bicyclic) bond motifs is 1. The predicted octanol–water partition coefficient (Wildman–Crippen LogP) is 4.26. The van der Waals surface area contributed by atoms with Gasteiger partial charge in [-0.15, -0.1) is 0 Å². The molecule has 3 nitrogen and oxygen atoms in total. The Balaban J connectivity index is 1.88. The molecule has 3 aliphatic rings. The number of rotatable bonds is 0. The lowest BCUT2D eigenvalue weighted by Crippen LogP contribution is -2.67. The Morgan fingerprint density at radius 1 is 1.22 bits per heavy atom. The van der Waals surface area contributed by atoms with E-state index in [4.69, 9.17) is 4.74 Å². The van der Waals surface area contributed by atoms with Crippen molar-refractivity contribution in [3.8, 4) is 11.5 Å². The van der Waals surface area contributed by atoms with Gasteiger partial charge in [-0.3, -0.25) is 4.79 Å². The van der Waals surface area contributed by atoms with Gasteiger partial charge >= 0.3 is 0 Å². The lowest BCUT2D eigenvalue weighted by Gasteiger charge is -2.63. The Bertz CT molecular complexity index is 677. The summed E-state index contributed by atoms with van der Waals surface area (Å²) in [5.41, 5.74) is 0.327. The predicted molar refractivity (Wildman–Crippen MR) is 88.6 cm³/mol. The fourth-order valence-electron chi connectivity index (χ4n) is 5.69. The van der Waals surface area contributed by atoms with Crippen molar-refractivity contribution in [3.05, 3.63) is 23.8 Å². The minimum atomic E-state index is -0.325. The van der Waals surface area contributed by atoms with Gasteiger partial charge in [-0.2, -0.15) is 0 Å². The molecule has 2 saturated carbocycles. The molecule has 1 aromatic rings. The summed E-state index contributed by atoms with van der Waals surface area (Å²) in [6.45, 7) is 6.52. The first kappa shape index (κ1) is 15.0. The van der Waals surface area contributed by atoms with Crippen LogP contribution in [0.1, 0.15) is 58.4 Å². The lowest BCUT2D eigenvalue weighted by atomic mass is 9.46. The molecule has 2 aliphatic carbocycles. The number of phenols is 1. The molecule has 0 aromatic heterocycles. The molecule has 1 aromatic carbocycles. The van der Waals surface area contributed by atoms with Gasteiger partial charge in [0.2, 0.25) is 0 Å². The summed E-state index contributed by atoms with van der Waals surface area (Å²) in [6, 6.07) is 5.57. The zero-order chi connectivity index (χ0) is 16.5. The van der Waals surface area contributed by atoms with E-state index in [1.807, 2.05) is 12.1 Å². The molecule has 124 valence electrons. The number of aromatic hydroxyl groups is 1. The van der Waals surface area contributed by atoms with Crippen molar-refractivity contribution in [2.75, 3.05) is 0 Å². The zero-order valence-corrected chi connectivity index (χ0v) is 14.3. The standard InChI is InChI=1S/C20H26O3/c1-18(2)16-8-5-10-19(3)12-13-14(21)6-4-7-15(13)23-20(16,19)11-9-17(18)22/h4,6-7,16,21H,5,8-12H2,1-3H3/t16-,19-,20+/m1/s1. The minimum Gasteiger partial charge on any atom is -0.508 e. The van der Waals surface area contributed by atoms with Crippen LogP contribution in [0.4, 0.5) is 0 Å². The highest BCUT2D eigenvalue weighted by Gasteiger charge is 2.65. The molecule has 0 unspecified atom stereocenters. The fourth-order valence-corrected chi connectivity index (χ4v) is 5.69. The van der Waals surface area contributed by atoms with Crippen molar-refractivity contribution < 1.29 is 14.6 Å². The summed E-state index contributed by atoms with van der Waals surface area (Å²) in [6.07, 6.45) is 5.55. The number of carbonyl (C=O) groups is 1. The van der Waals surface area contributed by atoms with Crippen LogP contribution in [0.2, 0.25) is 0 Å². The van der Waals surface area contributed by atoms with Gasteiger partial charge in [-0.25, -0.2) is 0 Å². The molecule has 3 heteroatoms. The van der Waals surface area contributed by atoms with Gasteiger partial charge in [0.25, 0.3) is 0 Å². The van der Waals surface area contributed by atoms with Crippen LogP contribution >= 0.6 is 0 Å². The van der Waals surface area contributed by atoms with Gasteiger partial charge in [0.1, 0.15) is 22.9 Å². The highest BCUT2D eigenvalue weighted by atomic mass is 16.5. The van der Waals surface area contributed by atoms with E-state index in [0.29, 0.717) is 18.0 Å². The maximum atomic E-state index is 12.6. The molecule has 0 saturated heterocycles. The van der Waals surface area contributed by atoms with Crippen molar-refractivity contribution in [1.82, 2.24) is 0 Å². The highest BCUT2D eigenvalue weighted by molar-refractivity contribution is 5.86. The smallest absolute Gasteiger partial charge is 0.139 e. The maximum absolute atomic E-state index is 12.6. The Labute approximate surface area is 138 Å². The van der Waals surface area contributed by atoms with Crippen LogP contribution in [-0.2, 0) is 11.2 Å². The van der Waals surface area contributed by atoms with Crippen LogP contribution in [0.25, 0.3) is 0 Å². The molecule has 1 aliphatic heterocycles. The summed E-state index contributed by atoms with van der Waals surface area (Å²) in [7, 11) is 0. The van der Waals surface area contributed by atoms with Crippen molar-refractivity contribution in [3.63, 3.8) is 0 Å². The second-order valence-electron chi connectivity index (χ2n) is 8.57. The topological polar surface area (TPSA) is 46.5 Å².